The molecule has 0 amide bonds. The maximum atomic E-state index is 5.09. The van der Waals surface area contributed by atoms with Gasteiger partial charge in [-0.15, -0.1) is 6.58 Å². The first-order chi connectivity index (χ1) is 7.26. The molecule has 0 saturated carbocycles. The quantitative estimate of drug-likeness (QED) is 0.720. The number of rotatable bonds is 6. The van der Waals surface area contributed by atoms with Crippen LogP contribution in [-0.4, -0.2) is 13.2 Å². The zero-order valence-electron chi connectivity index (χ0n) is 9.49. The van der Waals surface area contributed by atoms with Crippen molar-refractivity contribution in [3.05, 3.63) is 48.0 Å². The molecule has 1 N–H and O–H groups in total. The highest BCUT2D eigenvalue weighted by atomic mass is 16.5. The van der Waals surface area contributed by atoms with Crippen LogP contribution in [0.3, 0.4) is 0 Å². The summed E-state index contributed by atoms with van der Waals surface area (Å²) in [5.74, 6) is 0. The highest BCUT2D eigenvalue weighted by Gasteiger charge is 1.98. The second kappa shape index (κ2) is 6.38. The first-order valence-electron chi connectivity index (χ1n) is 5.19. The molecule has 15 heavy (non-hydrogen) atoms. The van der Waals surface area contributed by atoms with Gasteiger partial charge in [-0.25, -0.2) is 0 Å². The van der Waals surface area contributed by atoms with Gasteiger partial charge in [0.2, 0.25) is 0 Å². The second-order valence-electron chi connectivity index (χ2n) is 3.66. The first kappa shape index (κ1) is 12.0. The van der Waals surface area contributed by atoms with Gasteiger partial charge >= 0.3 is 0 Å². The molecule has 82 valence electrons. The summed E-state index contributed by atoms with van der Waals surface area (Å²) in [7, 11) is 1.71. The minimum atomic E-state index is 0.344. The lowest BCUT2D eigenvalue weighted by molar-refractivity contribution is 0.185. The molecular weight excluding hydrogens is 186 g/mol. The van der Waals surface area contributed by atoms with Crippen molar-refractivity contribution in [1.29, 1.82) is 0 Å². The van der Waals surface area contributed by atoms with Gasteiger partial charge in [-0.05, 0) is 18.1 Å². The van der Waals surface area contributed by atoms with Crippen LogP contribution in [0.2, 0.25) is 0 Å². The van der Waals surface area contributed by atoms with E-state index in [1.807, 2.05) is 6.08 Å². The predicted octanol–water partition coefficient (Wildman–Crippen LogP) is 2.50. The van der Waals surface area contributed by atoms with E-state index in [0.717, 1.165) is 6.54 Å². The standard InChI is InChI=1S/C13H19NO/c1-4-11(2)14-9-12-6-5-7-13(8-12)10-15-3/h4-8,11,14H,1,9-10H2,2-3H3. The lowest BCUT2D eigenvalue weighted by Gasteiger charge is -2.09. The number of hydrogen-bond acceptors (Lipinski definition) is 2. The molecule has 0 aliphatic rings. The van der Waals surface area contributed by atoms with Gasteiger partial charge in [-0.3, -0.25) is 0 Å². The van der Waals surface area contributed by atoms with Crippen molar-refractivity contribution in [2.45, 2.75) is 26.1 Å². The number of benzene rings is 1. The summed E-state index contributed by atoms with van der Waals surface area (Å²) in [6.45, 7) is 7.36. The molecule has 2 heteroatoms. The van der Waals surface area contributed by atoms with E-state index in [1.165, 1.54) is 11.1 Å². The van der Waals surface area contributed by atoms with Crippen LogP contribution in [-0.2, 0) is 17.9 Å². The van der Waals surface area contributed by atoms with Crippen LogP contribution in [0.5, 0.6) is 0 Å². The average molecular weight is 205 g/mol. The lowest BCUT2D eigenvalue weighted by atomic mass is 10.1. The smallest absolute Gasteiger partial charge is 0.0713 e. The van der Waals surface area contributed by atoms with E-state index in [0.29, 0.717) is 12.6 Å². The molecule has 0 aromatic heterocycles. The summed E-state index contributed by atoms with van der Waals surface area (Å²) in [5, 5.41) is 3.36. The normalized spacial score (nSPS) is 12.4. The molecule has 1 unspecified atom stereocenters. The molecule has 0 fully saturated rings. The van der Waals surface area contributed by atoms with Crippen LogP contribution in [0.1, 0.15) is 18.1 Å². The van der Waals surface area contributed by atoms with Crippen LogP contribution in [0.25, 0.3) is 0 Å². The van der Waals surface area contributed by atoms with Crippen LogP contribution in [0, 0.1) is 0 Å². The van der Waals surface area contributed by atoms with Crippen molar-refractivity contribution < 1.29 is 4.74 Å². The zero-order valence-corrected chi connectivity index (χ0v) is 9.49. The predicted molar refractivity (Wildman–Crippen MR) is 63.7 cm³/mol. The Morgan fingerprint density at radius 1 is 1.47 bits per heavy atom. The Morgan fingerprint density at radius 3 is 2.87 bits per heavy atom. The van der Waals surface area contributed by atoms with Gasteiger partial charge in [0, 0.05) is 19.7 Å². The Balaban J connectivity index is 2.53. The van der Waals surface area contributed by atoms with E-state index in [2.05, 4.69) is 43.1 Å². The van der Waals surface area contributed by atoms with Gasteiger partial charge in [-0.1, -0.05) is 30.3 Å². The number of hydrogen-bond donors (Lipinski definition) is 1. The lowest BCUT2D eigenvalue weighted by Crippen LogP contribution is -2.22. The highest BCUT2D eigenvalue weighted by molar-refractivity contribution is 5.23. The van der Waals surface area contributed by atoms with E-state index < -0.39 is 0 Å². The SMILES string of the molecule is C=CC(C)NCc1cccc(COC)c1. The Labute approximate surface area is 92.0 Å². The van der Waals surface area contributed by atoms with Crippen LogP contribution in [0.15, 0.2) is 36.9 Å². The van der Waals surface area contributed by atoms with Crippen molar-refractivity contribution in [2.24, 2.45) is 0 Å². The molecule has 0 aliphatic heterocycles. The van der Waals surface area contributed by atoms with Gasteiger partial charge in [0.25, 0.3) is 0 Å². The molecule has 1 aromatic carbocycles. The number of methoxy groups -OCH3 is 1. The molecule has 1 rings (SSSR count). The minimum absolute atomic E-state index is 0.344. The summed E-state index contributed by atoms with van der Waals surface area (Å²) < 4.78 is 5.09. The molecule has 0 spiro atoms. The van der Waals surface area contributed by atoms with E-state index >= 15 is 0 Å². The van der Waals surface area contributed by atoms with Crippen molar-refractivity contribution in [3.63, 3.8) is 0 Å². The molecule has 1 aromatic rings. The monoisotopic (exact) mass is 205 g/mol. The van der Waals surface area contributed by atoms with Crippen molar-refractivity contribution in [2.75, 3.05) is 7.11 Å². The fourth-order valence-electron chi connectivity index (χ4n) is 1.36. The fraction of sp³-hybridized carbons (Fsp3) is 0.385. The third kappa shape index (κ3) is 4.28. The molecule has 0 saturated heterocycles. The Morgan fingerprint density at radius 2 is 2.20 bits per heavy atom. The number of ether oxygens (including phenoxy) is 1. The molecule has 0 heterocycles. The van der Waals surface area contributed by atoms with Gasteiger partial charge in [0.15, 0.2) is 0 Å². The summed E-state index contributed by atoms with van der Waals surface area (Å²) in [5.41, 5.74) is 2.49. The first-order valence-corrected chi connectivity index (χ1v) is 5.19. The average Bonchev–Trinajstić information content (AvgIpc) is 2.27. The van der Waals surface area contributed by atoms with Gasteiger partial charge < -0.3 is 10.1 Å². The minimum Gasteiger partial charge on any atom is -0.380 e. The van der Waals surface area contributed by atoms with Crippen LogP contribution >= 0.6 is 0 Å². The van der Waals surface area contributed by atoms with Crippen LogP contribution in [0.4, 0.5) is 0 Å². The molecule has 0 aliphatic carbocycles. The Bertz CT molecular complexity index is 309. The molecule has 2 nitrogen and oxygen atoms in total. The maximum Gasteiger partial charge on any atom is 0.0713 e. The Hall–Kier alpha value is -1.12. The van der Waals surface area contributed by atoms with Crippen molar-refractivity contribution in [3.8, 4) is 0 Å². The van der Waals surface area contributed by atoms with Gasteiger partial charge in [0.05, 0.1) is 6.61 Å². The maximum absolute atomic E-state index is 5.09. The molecular formula is C13H19NO. The van der Waals surface area contributed by atoms with Gasteiger partial charge in [0.1, 0.15) is 0 Å². The van der Waals surface area contributed by atoms with E-state index in [1.54, 1.807) is 7.11 Å². The summed E-state index contributed by atoms with van der Waals surface area (Å²) in [4.78, 5) is 0. The topological polar surface area (TPSA) is 21.3 Å². The third-order valence-electron chi connectivity index (χ3n) is 2.28. The van der Waals surface area contributed by atoms with E-state index in [9.17, 15) is 0 Å². The summed E-state index contributed by atoms with van der Waals surface area (Å²) >= 11 is 0. The van der Waals surface area contributed by atoms with E-state index in [4.69, 9.17) is 4.74 Å². The van der Waals surface area contributed by atoms with Gasteiger partial charge in [-0.2, -0.15) is 0 Å². The van der Waals surface area contributed by atoms with Crippen molar-refractivity contribution in [1.82, 2.24) is 5.32 Å². The summed E-state index contributed by atoms with van der Waals surface area (Å²) in [6.07, 6.45) is 1.90. The van der Waals surface area contributed by atoms with Crippen LogP contribution < -0.4 is 5.32 Å². The highest BCUT2D eigenvalue weighted by Crippen LogP contribution is 2.06. The zero-order chi connectivity index (χ0) is 11.1. The second-order valence-corrected chi connectivity index (χ2v) is 3.66. The Kier molecular flexibility index (Phi) is 5.08. The fourth-order valence-corrected chi connectivity index (χ4v) is 1.36. The third-order valence-corrected chi connectivity index (χ3v) is 2.28. The molecule has 0 bridgehead atoms. The largest absolute Gasteiger partial charge is 0.380 e. The summed E-state index contributed by atoms with van der Waals surface area (Å²) in [6, 6.07) is 8.75. The molecule has 1 atom stereocenters. The molecule has 0 radical (unpaired) electrons. The van der Waals surface area contributed by atoms with Crippen molar-refractivity contribution >= 4 is 0 Å². The van der Waals surface area contributed by atoms with E-state index in [-0.39, 0.29) is 0 Å². The number of nitrogens with one attached hydrogen (secondary N) is 1.